The predicted octanol–water partition coefficient (Wildman–Crippen LogP) is 3.52. The predicted molar refractivity (Wildman–Crippen MR) is 99.2 cm³/mol. The number of carbonyl (C=O) groups excluding carboxylic acids is 3. The maximum absolute atomic E-state index is 13.5. The minimum absolute atomic E-state index is 0.209. The van der Waals surface area contributed by atoms with Crippen LogP contribution in [0.2, 0.25) is 0 Å². The van der Waals surface area contributed by atoms with Crippen LogP contribution in [-0.4, -0.2) is 23.5 Å². The number of ether oxygens (including phenoxy) is 1. The van der Waals surface area contributed by atoms with Crippen molar-refractivity contribution in [3.63, 3.8) is 0 Å². The van der Waals surface area contributed by atoms with Gasteiger partial charge in [0.2, 0.25) is 0 Å². The molecule has 2 aromatic rings. The van der Waals surface area contributed by atoms with Crippen molar-refractivity contribution in [3.8, 4) is 0 Å². The third-order valence-corrected chi connectivity index (χ3v) is 3.26. The summed E-state index contributed by atoms with van der Waals surface area (Å²) < 4.78 is 18.7. The molecule has 0 aliphatic carbocycles. The van der Waals surface area contributed by atoms with Crippen LogP contribution in [0.1, 0.15) is 41.5 Å². The van der Waals surface area contributed by atoms with Crippen LogP contribution >= 0.6 is 0 Å². The van der Waals surface area contributed by atoms with Gasteiger partial charge in [0, 0.05) is 16.9 Å². The van der Waals surface area contributed by atoms with Gasteiger partial charge in [0.05, 0.1) is 5.56 Å². The highest BCUT2D eigenvalue weighted by Gasteiger charge is 2.17. The molecule has 7 nitrogen and oxygen atoms in total. The van der Waals surface area contributed by atoms with E-state index in [-0.39, 0.29) is 16.8 Å². The van der Waals surface area contributed by atoms with Gasteiger partial charge in [-0.3, -0.25) is 14.9 Å². The minimum Gasteiger partial charge on any atom is -0.444 e. The van der Waals surface area contributed by atoms with Gasteiger partial charge in [-0.2, -0.15) is 0 Å². The van der Waals surface area contributed by atoms with Crippen LogP contribution in [-0.2, 0) is 4.74 Å². The summed E-state index contributed by atoms with van der Waals surface area (Å²) in [6.07, 6.45) is -0.648. The third-order valence-electron chi connectivity index (χ3n) is 3.26. The molecule has 0 aromatic heterocycles. The van der Waals surface area contributed by atoms with Crippen molar-refractivity contribution in [2.75, 3.05) is 10.6 Å². The molecule has 0 saturated heterocycles. The van der Waals surface area contributed by atoms with Crippen LogP contribution in [0.5, 0.6) is 0 Å². The molecule has 0 spiro atoms. The molecule has 0 aliphatic heterocycles. The Hall–Kier alpha value is -3.42. The Kier molecular flexibility index (Phi) is 5.79. The summed E-state index contributed by atoms with van der Waals surface area (Å²) >= 11 is 0. The summed E-state index contributed by atoms with van der Waals surface area (Å²) in [6.45, 7) is 5.21. The standard InChI is InChI=1S/C19H20FN3O4/c1-19(2,3)27-18(26)23-12-6-4-5-11(9-12)17(25)22-13-7-8-15(20)14(10-13)16(21)24/h4-10H,1-3H3,(H2,21,24)(H,22,25)(H,23,26). The van der Waals surface area contributed by atoms with E-state index in [4.69, 9.17) is 10.5 Å². The highest BCUT2D eigenvalue weighted by molar-refractivity contribution is 6.06. The fraction of sp³-hybridized carbons (Fsp3) is 0.211. The van der Waals surface area contributed by atoms with Crippen molar-refractivity contribution in [2.45, 2.75) is 26.4 Å². The fourth-order valence-corrected chi connectivity index (χ4v) is 2.15. The zero-order valence-corrected chi connectivity index (χ0v) is 15.1. The minimum atomic E-state index is -0.938. The molecular weight excluding hydrogens is 353 g/mol. The summed E-state index contributed by atoms with van der Waals surface area (Å²) in [4.78, 5) is 35.4. The molecule has 3 amide bonds. The molecule has 0 unspecified atom stereocenters. The second-order valence-corrected chi connectivity index (χ2v) is 6.72. The van der Waals surface area contributed by atoms with Gasteiger partial charge < -0.3 is 15.8 Å². The van der Waals surface area contributed by atoms with Gasteiger partial charge in [0.25, 0.3) is 11.8 Å². The van der Waals surface area contributed by atoms with E-state index in [0.717, 1.165) is 12.1 Å². The Balaban J connectivity index is 2.12. The van der Waals surface area contributed by atoms with Gasteiger partial charge in [-0.05, 0) is 57.2 Å². The van der Waals surface area contributed by atoms with Crippen molar-refractivity contribution in [1.82, 2.24) is 0 Å². The van der Waals surface area contributed by atoms with Gasteiger partial charge in [0.1, 0.15) is 11.4 Å². The van der Waals surface area contributed by atoms with E-state index in [1.165, 1.54) is 18.2 Å². The zero-order chi connectivity index (χ0) is 20.2. The number of halogens is 1. The summed E-state index contributed by atoms with van der Waals surface area (Å²) in [5, 5.41) is 5.08. The van der Waals surface area contributed by atoms with Crippen LogP contribution in [0.4, 0.5) is 20.6 Å². The molecule has 0 bridgehead atoms. The number of rotatable bonds is 4. The van der Waals surface area contributed by atoms with Gasteiger partial charge in [-0.25, -0.2) is 9.18 Å². The summed E-state index contributed by atoms with van der Waals surface area (Å²) in [5.41, 5.74) is 4.94. The monoisotopic (exact) mass is 373 g/mol. The molecular formula is C19H20FN3O4. The Bertz CT molecular complexity index is 891. The molecule has 142 valence electrons. The van der Waals surface area contributed by atoms with E-state index >= 15 is 0 Å². The van der Waals surface area contributed by atoms with Crippen molar-refractivity contribution < 1.29 is 23.5 Å². The molecule has 0 atom stereocenters. The van der Waals surface area contributed by atoms with E-state index < -0.39 is 29.3 Å². The molecule has 0 fully saturated rings. The normalized spacial score (nSPS) is 10.8. The molecule has 0 aliphatic rings. The van der Waals surface area contributed by atoms with E-state index in [0.29, 0.717) is 5.69 Å². The Morgan fingerprint density at radius 2 is 1.67 bits per heavy atom. The largest absolute Gasteiger partial charge is 0.444 e. The number of hydrogen-bond acceptors (Lipinski definition) is 4. The second-order valence-electron chi connectivity index (χ2n) is 6.72. The molecule has 4 N–H and O–H groups in total. The highest BCUT2D eigenvalue weighted by Crippen LogP contribution is 2.18. The van der Waals surface area contributed by atoms with E-state index in [1.807, 2.05) is 0 Å². The highest BCUT2D eigenvalue weighted by atomic mass is 19.1. The molecule has 2 rings (SSSR count). The lowest BCUT2D eigenvalue weighted by molar-refractivity contribution is 0.0635. The number of hydrogen-bond donors (Lipinski definition) is 3. The second kappa shape index (κ2) is 7.86. The number of primary amides is 1. The van der Waals surface area contributed by atoms with E-state index in [1.54, 1.807) is 32.9 Å². The van der Waals surface area contributed by atoms with Crippen LogP contribution in [0.25, 0.3) is 0 Å². The van der Waals surface area contributed by atoms with Crippen LogP contribution < -0.4 is 16.4 Å². The molecule has 2 aromatic carbocycles. The van der Waals surface area contributed by atoms with Gasteiger partial charge in [0.15, 0.2) is 0 Å². The van der Waals surface area contributed by atoms with Crippen LogP contribution in [0.3, 0.4) is 0 Å². The van der Waals surface area contributed by atoms with E-state index in [9.17, 15) is 18.8 Å². The van der Waals surface area contributed by atoms with Gasteiger partial charge in [-0.1, -0.05) is 6.07 Å². The summed E-state index contributed by atoms with van der Waals surface area (Å²) in [6, 6.07) is 9.67. The molecule has 0 saturated carbocycles. The number of benzene rings is 2. The number of nitrogens with one attached hydrogen (secondary N) is 2. The number of anilines is 2. The Labute approximate surface area is 155 Å². The number of nitrogens with two attached hydrogens (primary N) is 1. The Morgan fingerprint density at radius 1 is 1.00 bits per heavy atom. The van der Waals surface area contributed by atoms with Gasteiger partial charge >= 0.3 is 6.09 Å². The van der Waals surface area contributed by atoms with Crippen molar-refractivity contribution in [3.05, 3.63) is 59.4 Å². The molecule has 8 heteroatoms. The first-order chi connectivity index (χ1) is 12.5. The first kappa shape index (κ1) is 19.9. The van der Waals surface area contributed by atoms with Gasteiger partial charge in [-0.15, -0.1) is 0 Å². The van der Waals surface area contributed by atoms with Crippen molar-refractivity contribution >= 4 is 29.3 Å². The van der Waals surface area contributed by atoms with Crippen molar-refractivity contribution in [2.24, 2.45) is 5.73 Å². The molecule has 27 heavy (non-hydrogen) atoms. The first-order valence-electron chi connectivity index (χ1n) is 8.06. The van der Waals surface area contributed by atoms with Crippen LogP contribution in [0.15, 0.2) is 42.5 Å². The summed E-state index contributed by atoms with van der Waals surface area (Å²) in [7, 11) is 0. The number of carbonyl (C=O) groups is 3. The smallest absolute Gasteiger partial charge is 0.412 e. The Morgan fingerprint density at radius 3 is 2.30 bits per heavy atom. The summed E-state index contributed by atoms with van der Waals surface area (Å²) in [5.74, 6) is -2.22. The quantitative estimate of drug-likeness (QED) is 0.761. The van der Waals surface area contributed by atoms with E-state index in [2.05, 4.69) is 10.6 Å². The van der Waals surface area contributed by atoms with Crippen molar-refractivity contribution in [1.29, 1.82) is 0 Å². The third kappa shape index (κ3) is 5.81. The number of amides is 3. The SMILES string of the molecule is CC(C)(C)OC(=O)Nc1cccc(C(=O)Nc2ccc(F)c(C(N)=O)c2)c1. The lowest BCUT2D eigenvalue weighted by Gasteiger charge is -2.19. The molecule has 0 heterocycles. The zero-order valence-electron chi connectivity index (χ0n) is 15.1. The maximum atomic E-state index is 13.5. The maximum Gasteiger partial charge on any atom is 0.412 e. The topological polar surface area (TPSA) is 111 Å². The molecule has 0 radical (unpaired) electrons. The fourth-order valence-electron chi connectivity index (χ4n) is 2.15. The average Bonchev–Trinajstić information content (AvgIpc) is 2.54. The first-order valence-corrected chi connectivity index (χ1v) is 8.06. The van der Waals surface area contributed by atoms with Crippen LogP contribution in [0, 0.1) is 5.82 Å². The lowest BCUT2D eigenvalue weighted by atomic mass is 10.1. The lowest BCUT2D eigenvalue weighted by Crippen LogP contribution is -2.27. The average molecular weight is 373 g/mol.